The lowest BCUT2D eigenvalue weighted by molar-refractivity contribution is -0.152. The molecule has 2 atom stereocenters. The van der Waals surface area contributed by atoms with Gasteiger partial charge in [0.25, 0.3) is 0 Å². The van der Waals surface area contributed by atoms with Gasteiger partial charge in [-0.15, -0.1) is 0 Å². The van der Waals surface area contributed by atoms with Crippen LogP contribution in [0.2, 0.25) is 0 Å². The molecule has 13 heavy (non-hydrogen) atoms. The molecule has 0 saturated carbocycles. The summed E-state index contributed by atoms with van der Waals surface area (Å²) in [5, 5.41) is 26.4. The normalized spacial score (nSPS) is 27.8. The van der Waals surface area contributed by atoms with Crippen LogP contribution in [-0.2, 0) is 9.59 Å². The Morgan fingerprint density at radius 3 is 2.38 bits per heavy atom. The van der Waals surface area contributed by atoms with Crippen LogP contribution in [0.15, 0.2) is 11.8 Å². The van der Waals surface area contributed by atoms with Crippen LogP contribution in [0.5, 0.6) is 0 Å². The number of aliphatic hydroxyl groups excluding tert-OH is 1. The fourth-order valence-electron chi connectivity index (χ4n) is 1.41. The van der Waals surface area contributed by atoms with Crippen LogP contribution < -0.4 is 0 Å². The predicted molar refractivity (Wildman–Crippen MR) is 42.2 cm³/mol. The van der Waals surface area contributed by atoms with Crippen molar-refractivity contribution in [2.45, 2.75) is 12.8 Å². The number of carbonyl (C=O) groups is 2. The zero-order chi connectivity index (χ0) is 10.0. The van der Waals surface area contributed by atoms with E-state index >= 15 is 0 Å². The zero-order valence-electron chi connectivity index (χ0n) is 6.80. The Bertz CT molecular complexity index is 268. The smallest absolute Gasteiger partial charge is 0.311 e. The first-order valence-electron chi connectivity index (χ1n) is 3.87. The Kier molecular flexibility index (Phi) is 2.55. The lowest BCUT2D eigenvalue weighted by Gasteiger charge is -2.21. The molecule has 5 heteroatoms. The molecule has 1 aliphatic carbocycles. The van der Waals surface area contributed by atoms with Crippen molar-refractivity contribution >= 4 is 11.9 Å². The Morgan fingerprint density at radius 1 is 1.31 bits per heavy atom. The van der Waals surface area contributed by atoms with Crippen molar-refractivity contribution in [1.29, 1.82) is 0 Å². The summed E-state index contributed by atoms with van der Waals surface area (Å²) in [4.78, 5) is 21.2. The van der Waals surface area contributed by atoms with Crippen molar-refractivity contribution < 1.29 is 24.9 Å². The van der Waals surface area contributed by atoms with Crippen LogP contribution in [-0.4, -0.2) is 27.3 Å². The van der Waals surface area contributed by atoms with E-state index in [1.54, 1.807) is 0 Å². The van der Waals surface area contributed by atoms with Crippen LogP contribution in [0, 0.1) is 11.8 Å². The van der Waals surface area contributed by atoms with Gasteiger partial charge in [-0.3, -0.25) is 9.59 Å². The van der Waals surface area contributed by atoms with Gasteiger partial charge in [0.1, 0.15) is 0 Å². The monoisotopic (exact) mass is 186 g/mol. The minimum atomic E-state index is -1.21. The van der Waals surface area contributed by atoms with Crippen molar-refractivity contribution in [3.05, 3.63) is 11.8 Å². The number of carboxylic acids is 2. The van der Waals surface area contributed by atoms with Crippen molar-refractivity contribution in [1.82, 2.24) is 0 Å². The molecule has 2 unspecified atom stereocenters. The van der Waals surface area contributed by atoms with Crippen LogP contribution >= 0.6 is 0 Å². The quantitative estimate of drug-likeness (QED) is 0.587. The van der Waals surface area contributed by atoms with E-state index in [2.05, 4.69) is 0 Å². The lowest BCUT2D eigenvalue weighted by atomic mass is 9.83. The third-order valence-corrected chi connectivity index (χ3v) is 2.12. The van der Waals surface area contributed by atoms with Gasteiger partial charge in [-0.25, -0.2) is 0 Å². The second-order valence-electron chi connectivity index (χ2n) is 3.01. The van der Waals surface area contributed by atoms with Gasteiger partial charge in [-0.2, -0.15) is 0 Å². The molecule has 3 N–H and O–H groups in total. The largest absolute Gasteiger partial charge is 0.513 e. The number of carboxylic acid groups (broad SMARTS) is 2. The number of allylic oxidation sites excluding steroid dienone is 1. The first-order valence-corrected chi connectivity index (χ1v) is 3.87. The molecular weight excluding hydrogens is 176 g/mol. The molecule has 1 rings (SSSR count). The number of aliphatic carboxylic acids is 2. The fourth-order valence-corrected chi connectivity index (χ4v) is 1.41. The molecule has 0 bridgehead atoms. The Balaban J connectivity index is 2.88. The summed E-state index contributed by atoms with van der Waals surface area (Å²) in [5.74, 6) is -4.40. The number of hydrogen-bond acceptors (Lipinski definition) is 3. The highest BCUT2D eigenvalue weighted by Crippen LogP contribution is 2.28. The van der Waals surface area contributed by atoms with Crippen molar-refractivity contribution in [3.8, 4) is 0 Å². The summed E-state index contributed by atoms with van der Waals surface area (Å²) in [5.41, 5.74) is 0. The molecular formula is C8H10O5. The molecule has 5 nitrogen and oxygen atoms in total. The van der Waals surface area contributed by atoms with Gasteiger partial charge in [0.05, 0.1) is 17.6 Å². The second kappa shape index (κ2) is 3.47. The van der Waals surface area contributed by atoms with Gasteiger partial charge < -0.3 is 15.3 Å². The first-order chi connectivity index (χ1) is 6.02. The molecule has 0 aromatic heterocycles. The Labute approximate surface area is 74.3 Å². The van der Waals surface area contributed by atoms with Crippen LogP contribution in [0.1, 0.15) is 12.8 Å². The van der Waals surface area contributed by atoms with Crippen LogP contribution in [0.4, 0.5) is 0 Å². The molecule has 0 aromatic rings. The average molecular weight is 186 g/mol. The van der Waals surface area contributed by atoms with Gasteiger partial charge in [0.15, 0.2) is 0 Å². The van der Waals surface area contributed by atoms with E-state index < -0.39 is 23.8 Å². The molecule has 0 spiro atoms. The highest BCUT2D eigenvalue weighted by atomic mass is 16.4. The Morgan fingerprint density at radius 2 is 1.92 bits per heavy atom. The molecule has 0 heterocycles. The van der Waals surface area contributed by atoms with E-state index in [0.29, 0.717) is 0 Å². The van der Waals surface area contributed by atoms with Crippen molar-refractivity contribution in [2.75, 3.05) is 0 Å². The van der Waals surface area contributed by atoms with E-state index in [4.69, 9.17) is 15.3 Å². The van der Waals surface area contributed by atoms with Gasteiger partial charge in [-0.05, 0) is 12.5 Å². The maximum absolute atomic E-state index is 10.6. The molecule has 0 fully saturated rings. The number of hydrogen-bond donors (Lipinski definition) is 3. The minimum absolute atomic E-state index is 0.0371. The molecule has 0 aromatic carbocycles. The van der Waals surface area contributed by atoms with E-state index in [1.165, 1.54) is 0 Å². The summed E-state index contributed by atoms with van der Waals surface area (Å²) < 4.78 is 0. The van der Waals surface area contributed by atoms with E-state index in [-0.39, 0.29) is 18.6 Å². The lowest BCUT2D eigenvalue weighted by Crippen LogP contribution is -2.31. The van der Waals surface area contributed by atoms with Gasteiger partial charge in [0.2, 0.25) is 0 Å². The van der Waals surface area contributed by atoms with Crippen LogP contribution in [0.3, 0.4) is 0 Å². The average Bonchev–Trinajstić information content (AvgIpc) is 2.03. The van der Waals surface area contributed by atoms with Gasteiger partial charge >= 0.3 is 11.9 Å². The standard InChI is InChI=1S/C8H10O5/c9-4-1-2-5(7(10)11)6(3-4)8(12)13/h3,5-6,9H,1-2H2,(H,10,11)(H,12,13). The summed E-state index contributed by atoms with van der Waals surface area (Å²) in [7, 11) is 0. The Hall–Kier alpha value is -1.52. The fraction of sp³-hybridized carbons (Fsp3) is 0.500. The molecule has 72 valence electrons. The van der Waals surface area contributed by atoms with Crippen LogP contribution in [0.25, 0.3) is 0 Å². The summed E-state index contributed by atoms with van der Waals surface area (Å²) in [6.07, 6.45) is 1.51. The molecule has 0 aliphatic heterocycles. The third-order valence-electron chi connectivity index (χ3n) is 2.12. The SMILES string of the molecule is O=C(O)C1C=C(O)CCC1C(=O)O. The minimum Gasteiger partial charge on any atom is -0.513 e. The molecule has 1 aliphatic rings. The van der Waals surface area contributed by atoms with E-state index in [0.717, 1.165) is 6.08 Å². The van der Waals surface area contributed by atoms with E-state index in [1.807, 2.05) is 0 Å². The maximum Gasteiger partial charge on any atom is 0.311 e. The molecule has 0 saturated heterocycles. The van der Waals surface area contributed by atoms with Gasteiger partial charge in [-0.1, -0.05) is 0 Å². The number of rotatable bonds is 2. The highest BCUT2D eigenvalue weighted by molar-refractivity contribution is 5.81. The third kappa shape index (κ3) is 1.99. The topological polar surface area (TPSA) is 94.8 Å². The van der Waals surface area contributed by atoms with Gasteiger partial charge in [0, 0.05) is 6.42 Å². The molecule has 0 amide bonds. The van der Waals surface area contributed by atoms with Crippen molar-refractivity contribution in [3.63, 3.8) is 0 Å². The summed E-state index contributed by atoms with van der Waals surface area (Å²) in [6, 6.07) is 0. The first kappa shape index (κ1) is 9.57. The highest BCUT2D eigenvalue weighted by Gasteiger charge is 2.35. The maximum atomic E-state index is 10.6. The van der Waals surface area contributed by atoms with E-state index in [9.17, 15) is 9.59 Å². The summed E-state index contributed by atoms with van der Waals surface area (Å²) in [6.45, 7) is 0. The molecule has 0 radical (unpaired) electrons. The predicted octanol–water partition coefficient (Wildman–Crippen LogP) is 0.624. The van der Waals surface area contributed by atoms with Crippen molar-refractivity contribution in [2.24, 2.45) is 11.8 Å². The number of aliphatic hydroxyl groups is 1. The summed E-state index contributed by atoms with van der Waals surface area (Å²) >= 11 is 0. The second-order valence-corrected chi connectivity index (χ2v) is 3.01. The zero-order valence-corrected chi connectivity index (χ0v) is 6.80.